The first-order valence-corrected chi connectivity index (χ1v) is 5.37. The molecule has 2 N–H and O–H groups in total. The lowest BCUT2D eigenvalue weighted by molar-refractivity contribution is 0.0336. The number of ether oxygens (including phenoxy) is 1. The molecule has 1 aromatic rings. The van der Waals surface area contributed by atoms with Crippen LogP contribution in [0.25, 0.3) is 0 Å². The second kappa shape index (κ2) is 5.40. The highest BCUT2D eigenvalue weighted by atomic mass is 16.5. The number of rotatable bonds is 3. The van der Waals surface area contributed by atoms with Gasteiger partial charge in [-0.25, -0.2) is 0 Å². The van der Waals surface area contributed by atoms with Crippen molar-refractivity contribution in [3.8, 4) is 0 Å². The molecule has 0 amide bonds. The van der Waals surface area contributed by atoms with Crippen LogP contribution < -0.4 is 5.46 Å². The summed E-state index contributed by atoms with van der Waals surface area (Å²) < 4.78 is 5.26. The highest BCUT2D eigenvalue weighted by molar-refractivity contribution is 6.58. The SMILES string of the molecule is OB(O)c1ccnc(CN2CCOCC2)c1. The second-order valence-electron chi connectivity index (χ2n) is 3.84. The van der Waals surface area contributed by atoms with Crippen LogP contribution in [0.2, 0.25) is 0 Å². The Morgan fingerprint density at radius 3 is 2.81 bits per heavy atom. The fraction of sp³-hybridized carbons (Fsp3) is 0.500. The van der Waals surface area contributed by atoms with Gasteiger partial charge < -0.3 is 14.8 Å². The molecule has 16 heavy (non-hydrogen) atoms. The number of hydrogen-bond donors (Lipinski definition) is 2. The van der Waals surface area contributed by atoms with E-state index < -0.39 is 7.12 Å². The summed E-state index contributed by atoms with van der Waals surface area (Å²) in [6, 6.07) is 3.33. The lowest BCUT2D eigenvalue weighted by atomic mass is 9.81. The van der Waals surface area contributed by atoms with Crippen LogP contribution in [0.4, 0.5) is 0 Å². The van der Waals surface area contributed by atoms with Gasteiger partial charge in [-0.3, -0.25) is 9.88 Å². The van der Waals surface area contributed by atoms with Crippen molar-refractivity contribution in [3.63, 3.8) is 0 Å². The summed E-state index contributed by atoms with van der Waals surface area (Å²) >= 11 is 0. The van der Waals surface area contributed by atoms with Crippen molar-refractivity contribution < 1.29 is 14.8 Å². The minimum atomic E-state index is -1.42. The normalized spacial score (nSPS) is 17.4. The molecule has 0 aromatic carbocycles. The van der Waals surface area contributed by atoms with Crippen LogP contribution in [-0.2, 0) is 11.3 Å². The summed E-state index contributed by atoms with van der Waals surface area (Å²) in [7, 11) is -1.42. The summed E-state index contributed by atoms with van der Waals surface area (Å²) in [5, 5.41) is 18.1. The molecule has 0 bridgehead atoms. The molecule has 1 fully saturated rings. The third-order valence-corrected chi connectivity index (χ3v) is 2.63. The Morgan fingerprint density at radius 2 is 2.12 bits per heavy atom. The summed E-state index contributed by atoms with van der Waals surface area (Å²) in [6.07, 6.45) is 1.60. The van der Waals surface area contributed by atoms with Crippen LogP contribution in [0.15, 0.2) is 18.3 Å². The van der Waals surface area contributed by atoms with Crippen molar-refractivity contribution in [1.82, 2.24) is 9.88 Å². The molecule has 2 rings (SSSR count). The average Bonchev–Trinajstić information content (AvgIpc) is 2.30. The van der Waals surface area contributed by atoms with Crippen LogP contribution >= 0.6 is 0 Å². The van der Waals surface area contributed by atoms with Gasteiger partial charge in [-0.05, 0) is 17.6 Å². The summed E-state index contributed by atoms with van der Waals surface area (Å²) in [5.74, 6) is 0. The van der Waals surface area contributed by atoms with Crippen LogP contribution in [0.3, 0.4) is 0 Å². The molecule has 6 heteroatoms. The maximum atomic E-state index is 9.05. The topological polar surface area (TPSA) is 65.8 Å². The van der Waals surface area contributed by atoms with E-state index in [1.807, 2.05) is 0 Å². The Hall–Kier alpha value is -0.945. The van der Waals surface area contributed by atoms with Gasteiger partial charge in [0.05, 0.1) is 18.9 Å². The lowest BCUT2D eigenvalue weighted by Gasteiger charge is -2.26. The zero-order valence-electron chi connectivity index (χ0n) is 9.04. The van der Waals surface area contributed by atoms with Gasteiger partial charge in [0.1, 0.15) is 0 Å². The van der Waals surface area contributed by atoms with Gasteiger partial charge in [0.15, 0.2) is 0 Å². The van der Waals surface area contributed by atoms with Crippen molar-refractivity contribution in [2.45, 2.75) is 6.54 Å². The summed E-state index contributed by atoms with van der Waals surface area (Å²) in [6.45, 7) is 4.02. The Bertz CT molecular complexity index is 343. The number of pyridine rings is 1. The van der Waals surface area contributed by atoms with Crippen molar-refractivity contribution >= 4 is 12.6 Å². The van der Waals surface area contributed by atoms with Crippen LogP contribution in [0.5, 0.6) is 0 Å². The molecule has 0 spiro atoms. The molecule has 0 radical (unpaired) electrons. The number of nitrogens with zero attached hydrogens (tertiary/aromatic N) is 2. The summed E-state index contributed by atoms with van der Waals surface area (Å²) in [5.41, 5.74) is 1.34. The van der Waals surface area contributed by atoms with Crippen LogP contribution in [-0.4, -0.2) is 53.4 Å². The number of hydrogen-bond acceptors (Lipinski definition) is 5. The molecule has 0 atom stereocenters. The smallest absolute Gasteiger partial charge is 0.423 e. The molecular weight excluding hydrogens is 207 g/mol. The second-order valence-corrected chi connectivity index (χ2v) is 3.84. The Labute approximate surface area is 94.8 Å². The molecule has 2 heterocycles. The van der Waals surface area contributed by atoms with Gasteiger partial charge in [0.25, 0.3) is 0 Å². The Balaban J connectivity index is 2.00. The third-order valence-electron chi connectivity index (χ3n) is 2.63. The van der Waals surface area contributed by atoms with Gasteiger partial charge in [-0.15, -0.1) is 0 Å². The van der Waals surface area contributed by atoms with E-state index in [1.54, 1.807) is 18.3 Å². The van der Waals surface area contributed by atoms with Crippen molar-refractivity contribution in [1.29, 1.82) is 0 Å². The lowest BCUT2D eigenvalue weighted by Crippen LogP contribution is -2.36. The molecule has 1 aliphatic heterocycles. The van der Waals surface area contributed by atoms with Crippen molar-refractivity contribution in [2.75, 3.05) is 26.3 Å². The molecule has 86 valence electrons. The number of aromatic nitrogens is 1. The zero-order valence-corrected chi connectivity index (χ0v) is 9.04. The Morgan fingerprint density at radius 1 is 1.38 bits per heavy atom. The maximum Gasteiger partial charge on any atom is 0.488 e. The minimum absolute atomic E-state index is 0.484. The standard InChI is InChI=1S/C10H15BN2O3/c14-11(15)9-1-2-12-10(7-9)8-13-3-5-16-6-4-13/h1-2,7,14-15H,3-6,8H2. The predicted molar refractivity (Wildman–Crippen MR) is 60.2 cm³/mol. The molecule has 1 saturated heterocycles. The van der Waals surface area contributed by atoms with Gasteiger partial charge >= 0.3 is 7.12 Å². The highest BCUT2D eigenvalue weighted by Crippen LogP contribution is 2.03. The minimum Gasteiger partial charge on any atom is -0.423 e. The fourth-order valence-corrected chi connectivity index (χ4v) is 1.73. The zero-order chi connectivity index (χ0) is 11.4. The quantitative estimate of drug-likeness (QED) is 0.615. The maximum absolute atomic E-state index is 9.05. The Kier molecular flexibility index (Phi) is 3.90. The average molecular weight is 222 g/mol. The molecule has 1 aliphatic rings. The van der Waals surface area contributed by atoms with E-state index in [1.165, 1.54) is 0 Å². The van der Waals surface area contributed by atoms with Gasteiger partial charge in [-0.2, -0.15) is 0 Å². The molecule has 0 aliphatic carbocycles. The van der Waals surface area contributed by atoms with Gasteiger partial charge in [-0.1, -0.05) is 0 Å². The third kappa shape index (κ3) is 3.02. The van der Waals surface area contributed by atoms with E-state index in [0.29, 0.717) is 5.46 Å². The van der Waals surface area contributed by atoms with E-state index in [0.717, 1.165) is 38.5 Å². The van der Waals surface area contributed by atoms with Crippen molar-refractivity contribution in [3.05, 3.63) is 24.0 Å². The van der Waals surface area contributed by atoms with Gasteiger partial charge in [0, 0.05) is 25.8 Å². The van der Waals surface area contributed by atoms with Crippen LogP contribution in [0, 0.1) is 0 Å². The molecule has 1 aromatic heterocycles. The van der Waals surface area contributed by atoms with E-state index in [9.17, 15) is 0 Å². The van der Waals surface area contributed by atoms with E-state index in [-0.39, 0.29) is 0 Å². The van der Waals surface area contributed by atoms with Gasteiger partial charge in [0.2, 0.25) is 0 Å². The monoisotopic (exact) mass is 222 g/mol. The first-order valence-electron chi connectivity index (χ1n) is 5.37. The molecule has 0 unspecified atom stereocenters. The molecule has 5 nitrogen and oxygen atoms in total. The largest absolute Gasteiger partial charge is 0.488 e. The molecule has 0 saturated carbocycles. The number of morpholine rings is 1. The fourth-order valence-electron chi connectivity index (χ4n) is 1.73. The van der Waals surface area contributed by atoms with E-state index in [2.05, 4.69) is 9.88 Å². The predicted octanol–water partition coefficient (Wildman–Crippen LogP) is -1.41. The highest BCUT2D eigenvalue weighted by Gasteiger charge is 2.14. The summed E-state index contributed by atoms with van der Waals surface area (Å²) in [4.78, 5) is 6.45. The van der Waals surface area contributed by atoms with Crippen LogP contribution in [0.1, 0.15) is 5.69 Å². The van der Waals surface area contributed by atoms with E-state index >= 15 is 0 Å². The molecular formula is C10H15BN2O3. The van der Waals surface area contributed by atoms with Crippen molar-refractivity contribution in [2.24, 2.45) is 0 Å². The first-order chi connectivity index (χ1) is 7.75. The first kappa shape index (κ1) is 11.5. The van der Waals surface area contributed by atoms with E-state index in [4.69, 9.17) is 14.8 Å².